The molecule has 0 aliphatic heterocycles. The van der Waals surface area contributed by atoms with Gasteiger partial charge >= 0.3 is 0 Å². The van der Waals surface area contributed by atoms with E-state index in [0.29, 0.717) is 0 Å². The normalized spacial score (nSPS) is 12.9. The van der Waals surface area contributed by atoms with E-state index >= 15 is 0 Å². The van der Waals surface area contributed by atoms with E-state index in [1.165, 1.54) is 10.3 Å². The summed E-state index contributed by atoms with van der Waals surface area (Å²) in [6.07, 6.45) is 5.51. The van der Waals surface area contributed by atoms with Crippen molar-refractivity contribution in [1.82, 2.24) is 25.3 Å². The van der Waals surface area contributed by atoms with Crippen LogP contribution in [-0.2, 0) is 6.54 Å². The Bertz CT molecular complexity index is 646. The van der Waals surface area contributed by atoms with Crippen LogP contribution in [0.3, 0.4) is 0 Å². The van der Waals surface area contributed by atoms with Crippen molar-refractivity contribution >= 4 is 21.6 Å². The Hall–Kier alpha value is -1.79. The first-order valence-electron chi connectivity index (χ1n) is 6.23. The second-order valence-corrected chi connectivity index (χ2v) is 5.36. The molecule has 0 fully saturated rings. The first-order valence-corrected chi connectivity index (χ1v) is 7.11. The molecule has 6 heteroatoms. The van der Waals surface area contributed by atoms with E-state index in [1.807, 2.05) is 23.1 Å². The third-order valence-corrected chi connectivity index (χ3v) is 3.94. The number of aromatic nitrogens is 4. The van der Waals surface area contributed by atoms with Crippen LogP contribution in [0.25, 0.3) is 10.2 Å². The van der Waals surface area contributed by atoms with Crippen molar-refractivity contribution in [3.05, 3.63) is 41.7 Å². The minimum absolute atomic E-state index is 0.280. The Morgan fingerprint density at radius 3 is 3.26 bits per heavy atom. The summed E-state index contributed by atoms with van der Waals surface area (Å²) in [7, 11) is 0. The fourth-order valence-electron chi connectivity index (χ4n) is 1.96. The highest BCUT2D eigenvalue weighted by Crippen LogP contribution is 2.22. The molecule has 0 bridgehead atoms. The topological polar surface area (TPSA) is 55.6 Å². The number of hydrogen-bond donors (Lipinski definition) is 1. The van der Waals surface area contributed by atoms with Crippen molar-refractivity contribution < 1.29 is 0 Å². The summed E-state index contributed by atoms with van der Waals surface area (Å²) in [6, 6.07) is 4.54. The molecule has 0 saturated heterocycles. The average molecular weight is 273 g/mol. The first kappa shape index (κ1) is 12.3. The van der Waals surface area contributed by atoms with Crippen molar-refractivity contribution in [1.29, 1.82) is 0 Å². The number of hydrogen-bond acceptors (Lipinski definition) is 5. The molecular weight excluding hydrogens is 258 g/mol. The molecule has 1 N–H and O–H groups in total. The van der Waals surface area contributed by atoms with Crippen molar-refractivity contribution in [3.8, 4) is 0 Å². The van der Waals surface area contributed by atoms with Gasteiger partial charge in [-0.25, -0.2) is 0 Å². The van der Waals surface area contributed by atoms with Gasteiger partial charge in [0.15, 0.2) is 0 Å². The molecule has 0 amide bonds. The van der Waals surface area contributed by atoms with E-state index < -0.39 is 0 Å². The summed E-state index contributed by atoms with van der Waals surface area (Å²) in [4.78, 5) is 4.46. The van der Waals surface area contributed by atoms with Gasteiger partial charge in [-0.15, -0.1) is 16.4 Å². The van der Waals surface area contributed by atoms with Crippen molar-refractivity contribution in [2.24, 2.45) is 0 Å². The minimum atomic E-state index is 0.280. The van der Waals surface area contributed by atoms with E-state index in [2.05, 4.69) is 39.0 Å². The zero-order chi connectivity index (χ0) is 13.1. The van der Waals surface area contributed by atoms with Gasteiger partial charge in [-0.2, -0.15) is 0 Å². The van der Waals surface area contributed by atoms with Gasteiger partial charge in [-0.1, -0.05) is 5.21 Å². The van der Waals surface area contributed by atoms with Crippen LogP contribution in [0.15, 0.2) is 36.1 Å². The van der Waals surface area contributed by atoms with Crippen LogP contribution < -0.4 is 5.32 Å². The summed E-state index contributed by atoms with van der Waals surface area (Å²) in [5.41, 5.74) is 2.29. The Kier molecular flexibility index (Phi) is 3.52. The van der Waals surface area contributed by atoms with E-state index in [1.54, 1.807) is 17.5 Å². The standard InChI is InChI=1S/C13H15N5S/c1-10(14-3-5-18-6-4-16-17-18)11-8-13-12(15-9-11)2-7-19-13/h2,4,6-10,14H,3,5H2,1H3. The molecule has 3 aromatic heterocycles. The summed E-state index contributed by atoms with van der Waals surface area (Å²) < 4.78 is 3.06. The lowest BCUT2D eigenvalue weighted by atomic mass is 10.1. The van der Waals surface area contributed by atoms with E-state index in [4.69, 9.17) is 0 Å². The number of pyridine rings is 1. The Morgan fingerprint density at radius 1 is 1.47 bits per heavy atom. The molecule has 1 atom stereocenters. The molecule has 0 aromatic carbocycles. The number of nitrogens with zero attached hydrogens (tertiary/aromatic N) is 4. The predicted octanol–water partition coefficient (Wildman–Crippen LogP) is 2.24. The van der Waals surface area contributed by atoms with Crippen LogP contribution in [0.2, 0.25) is 0 Å². The Morgan fingerprint density at radius 2 is 2.42 bits per heavy atom. The molecule has 98 valence electrons. The van der Waals surface area contributed by atoms with Crippen LogP contribution in [0.5, 0.6) is 0 Å². The number of thiophene rings is 1. The molecule has 5 nitrogen and oxygen atoms in total. The van der Waals surface area contributed by atoms with Crippen LogP contribution >= 0.6 is 11.3 Å². The molecule has 0 saturated carbocycles. The third-order valence-electron chi connectivity index (χ3n) is 3.09. The lowest BCUT2D eigenvalue weighted by molar-refractivity contribution is 0.499. The monoisotopic (exact) mass is 273 g/mol. The maximum Gasteiger partial charge on any atom is 0.0809 e. The van der Waals surface area contributed by atoms with Crippen LogP contribution in [0.4, 0.5) is 0 Å². The molecule has 1 unspecified atom stereocenters. The smallest absolute Gasteiger partial charge is 0.0809 e. The van der Waals surface area contributed by atoms with E-state index in [9.17, 15) is 0 Å². The van der Waals surface area contributed by atoms with Crippen LogP contribution in [-0.4, -0.2) is 26.5 Å². The van der Waals surface area contributed by atoms with Gasteiger partial charge in [0.05, 0.1) is 23.0 Å². The zero-order valence-corrected chi connectivity index (χ0v) is 11.5. The fourth-order valence-corrected chi connectivity index (χ4v) is 2.75. The molecule has 19 heavy (non-hydrogen) atoms. The van der Waals surface area contributed by atoms with Gasteiger partial charge < -0.3 is 5.32 Å². The molecule has 0 aliphatic carbocycles. The molecular formula is C13H15N5S. The predicted molar refractivity (Wildman–Crippen MR) is 76.1 cm³/mol. The quantitative estimate of drug-likeness (QED) is 0.774. The van der Waals surface area contributed by atoms with Gasteiger partial charge in [0.2, 0.25) is 0 Å². The summed E-state index contributed by atoms with van der Waals surface area (Å²) in [6.45, 7) is 3.82. The Labute approximate surface area is 115 Å². The zero-order valence-electron chi connectivity index (χ0n) is 10.7. The third kappa shape index (κ3) is 2.80. The van der Waals surface area contributed by atoms with Crippen LogP contribution in [0, 0.1) is 0 Å². The first-order chi connectivity index (χ1) is 9.33. The highest BCUT2D eigenvalue weighted by atomic mass is 32.1. The maximum atomic E-state index is 4.46. The van der Waals surface area contributed by atoms with Gasteiger partial charge in [-0.3, -0.25) is 9.67 Å². The molecule has 0 radical (unpaired) electrons. The van der Waals surface area contributed by atoms with Gasteiger partial charge in [0.1, 0.15) is 0 Å². The number of nitrogens with one attached hydrogen (secondary N) is 1. The minimum Gasteiger partial charge on any atom is -0.308 e. The second kappa shape index (κ2) is 5.46. The van der Waals surface area contributed by atoms with Crippen molar-refractivity contribution in [2.75, 3.05) is 6.54 Å². The molecule has 3 aromatic rings. The second-order valence-electron chi connectivity index (χ2n) is 4.41. The molecule has 0 aliphatic rings. The largest absolute Gasteiger partial charge is 0.308 e. The maximum absolute atomic E-state index is 4.46. The van der Waals surface area contributed by atoms with Crippen LogP contribution in [0.1, 0.15) is 18.5 Å². The van der Waals surface area contributed by atoms with Gasteiger partial charge in [-0.05, 0) is 30.0 Å². The molecule has 3 heterocycles. The Balaban J connectivity index is 1.61. The highest BCUT2D eigenvalue weighted by Gasteiger charge is 2.07. The summed E-state index contributed by atoms with van der Waals surface area (Å²) in [5, 5.41) is 13.3. The van der Waals surface area contributed by atoms with E-state index in [-0.39, 0.29) is 6.04 Å². The average Bonchev–Trinajstić information content (AvgIpc) is 3.08. The molecule has 3 rings (SSSR count). The highest BCUT2D eigenvalue weighted by molar-refractivity contribution is 7.17. The number of fused-ring (bicyclic) bond motifs is 1. The summed E-state index contributed by atoms with van der Waals surface area (Å²) in [5.74, 6) is 0. The SMILES string of the molecule is CC(NCCn1ccnn1)c1cnc2ccsc2c1. The van der Waals surface area contributed by atoms with E-state index in [0.717, 1.165) is 18.6 Å². The summed E-state index contributed by atoms with van der Waals surface area (Å²) >= 11 is 1.73. The lowest BCUT2D eigenvalue weighted by Gasteiger charge is -2.13. The fraction of sp³-hybridized carbons (Fsp3) is 0.308. The van der Waals surface area contributed by atoms with Crippen molar-refractivity contribution in [2.45, 2.75) is 19.5 Å². The lowest BCUT2D eigenvalue weighted by Crippen LogP contribution is -2.23. The molecule has 0 spiro atoms. The number of rotatable bonds is 5. The van der Waals surface area contributed by atoms with Gasteiger partial charge in [0, 0.05) is 25.0 Å². The van der Waals surface area contributed by atoms with Gasteiger partial charge in [0.25, 0.3) is 0 Å². The van der Waals surface area contributed by atoms with Crippen molar-refractivity contribution in [3.63, 3.8) is 0 Å².